The molecule has 0 saturated heterocycles. The summed E-state index contributed by atoms with van der Waals surface area (Å²) in [5.41, 5.74) is -0.0129. The topological polar surface area (TPSA) is 91.5 Å². The largest absolute Gasteiger partial charge is 0.392 e. The summed E-state index contributed by atoms with van der Waals surface area (Å²) in [5.74, 6) is 0.942. The lowest BCUT2D eigenvalue weighted by Gasteiger charge is -2.20. The minimum Gasteiger partial charge on any atom is -0.392 e. The maximum absolute atomic E-state index is 10.9. The van der Waals surface area contributed by atoms with E-state index in [0.29, 0.717) is 24.7 Å². The SMILES string of the molecule is CCCNc1cc([N+](=O)[O-])cc(N(C)CC(C)O)n1. The Hall–Kier alpha value is -1.89. The molecule has 1 atom stereocenters. The zero-order valence-electron chi connectivity index (χ0n) is 11.5. The average Bonchev–Trinajstić information content (AvgIpc) is 2.35. The number of aliphatic hydroxyl groups excluding tert-OH is 1. The van der Waals surface area contributed by atoms with E-state index in [2.05, 4.69) is 10.3 Å². The summed E-state index contributed by atoms with van der Waals surface area (Å²) in [4.78, 5) is 16.5. The monoisotopic (exact) mass is 268 g/mol. The van der Waals surface area contributed by atoms with Crippen molar-refractivity contribution in [3.63, 3.8) is 0 Å². The molecule has 7 nitrogen and oxygen atoms in total. The van der Waals surface area contributed by atoms with Crippen LogP contribution in [-0.4, -0.2) is 41.3 Å². The van der Waals surface area contributed by atoms with Gasteiger partial charge in [0.15, 0.2) is 0 Å². The Labute approximate surface area is 112 Å². The molecule has 0 aliphatic heterocycles. The lowest BCUT2D eigenvalue weighted by Crippen LogP contribution is -2.27. The van der Waals surface area contributed by atoms with Crippen LogP contribution >= 0.6 is 0 Å². The summed E-state index contributed by atoms with van der Waals surface area (Å²) in [5, 5.41) is 23.3. The Morgan fingerprint density at radius 2 is 2.26 bits per heavy atom. The van der Waals surface area contributed by atoms with E-state index in [9.17, 15) is 15.2 Å². The van der Waals surface area contributed by atoms with Gasteiger partial charge in [-0.3, -0.25) is 10.1 Å². The highest BCUT2D eigenvalue weighted by Gasteiger charge is 2.14. The molecule has 0 radical (unpaired) electrons. The maximum Gasteiger partial charge on any atom is 0.276 e. The minimum absolute atomic E-state index is 0.0129. The number of pyridine rings is 1. The number of hydrogen-bond donors (Lipinski definition) is 2. The van der Waals surface area contributed by atoms with Crippen molar-refractivity contribution in [1.29, 1.82) is 0 Å². The molecule has 0 aliphatic rings. The standard InChI is InChI=1S/C12H20N4O3/c1-4-5-13-11-6-10(16(18)19)7-12(14-11)15(3)8-9(2)17/h6-7,9,17H,4-5,8H2,1-3H3,(H,13,14). The number of aromatic nitrogens is 1. The van der Waals surface area contributed by atoms with Gasteiger partial charge < -0.3 is 15.3 Å². The molecule has 1 aromatic heterocycles. The van der Waals surface area contributed by atoms with Gasteiger partial charge in [0.25, 0.3) is 5.69 Å². The van der Waals surface area contributed by atoms with Crippen molar-refractivity contribution >= 4 is 17.3 Å². The van der Waals surface area contributed by atoms with Crippen molar-refractivity contribution in [1.82, 2.24) is 4.98 Å². The van der Waals surface area contributed by atoms with Crippen LogP contribution < -0.4 is 10.2 Å². The van der Waals surface area contributed by atoms with E-state index in [1.807, 2.05) is 6.92 Å². The molecular weight excluding hydrogens is 248 g/mol. The zero-order chi connectivity index (χ0) is 14.4. The molecule has 0 spiro atoms. The summed E-state index contributed by atoms with van der Waals surface area (Å²) >= 11 is 0. The third kappa shape index (κ3) is 4.70. The van der Waals surface area contributed by atoms with Gasteiger partial charge in [0, 0.05) is 20.1 Å². The van der Waals surface area contributed by atoms with Gasteiger partial charge in [0.2, 0.25) is 0 Å². The van der Waals surface area contributed by atoms with Crippen molar-refractivity contribution in [2.45, 2.75) is 26.4 Å². The predicted molar refractivity (Wildman–Crippen MR) is 74.6 cm³/mol. The number of likely N-dealkylation sites (N-methyl/N-ethyl adjacent to an activating group) is 1. The Balaban J connectivity index is 3.01. The number of aliphatic hydroxyl groups is 1. The van der Waals surface area contributed by atoms with E-state index in [-0.39, 0.29) is 5.69 Å². The summed E-state index contributed by atoms with van der Waals surface area (Å²) in [6.07, 6.45) is 0.376. The Morgan fingerprint density at radius 1 is 1.58 bits per heavy atom. The van der Waals surface area contributed by atoms with E-state index in [1.54, 1.807) is 18.9 Å². The Bertz CT molecular complexity index is 437. The Kier molecular flexibility index (Phi) is 5.50. The van der Waals surface area contributed by atoms with Gasteiger partial charge >= 0.3 is 0 Å². The predicted octanol–water partition coefficient (Wildman–Crippen LogP) is 1.63. The van der Waals surface area contributed by atoms with Crippen LogP contribution in [0.15, 0.2) is 12.1 Å². The van der Waals surface area contributed by atoms with Gasteiger partial charge in [-0.15, -0.1) is 0 Å². The highest BCUT2D eigenvalue weighted by Crippen LogP contribution is 2.22. The molecule has 7 heteroatoms. The first-order valence-corrected chi connectivity index (χ1v) is 6.23. The smallest absolute Gasteiger partial charge is 0.276 e. The summed E-state index contributed by atoms with van der Waals surface area (Å²) in [7, 11) is 1.74. The average molecular weight is 268 g/mol. The van der Waals surface area contributed by atoms with Crippen molar-refractivity contribution < 1.29 is 10.0 Å². The quantitative estimate of drug-likeness (QED) is 0.577. The van der Waals surface area contributed by atoms with Crippen LogP contribution in [0, 0.1) is 10.1 Å². The molecule has 0 fully saturated rings. The molecule has 0 aromatic carbocycles. The molecule has 0 amide bonds. The number of nitrogens with zero attached hydrogens (tertiary/aromatic N) is 3. The molecule has 0 saturated carbocycles. The van der Waals surface area contributed by atoms with Crippen molar-refractivity contribution in [2.75, 3.05) is 30.4 Å². The molecule has 1 rings (SSSR count). The normalized spacial score (nSPS) is 12.0. The van der Waals surface area contributed by atoms with Gasteiger partial charge in [0.1, 0.15) is 11.6 Å². The van der Waals surface area contributed by atoms with Crippen molar-refractivity contribution in [3.8, 4) is 0 Å². The van der Waals surface area contributed by atoms with E-state index < -0.39 is 11.0 Å². The molecule has 1 heterocycles. The minimum atomic E-state index is -0.530. The lowest BCUT2D eigenvalue weighted by molar-refractivity contribution is -0.384. The van der Waals surface area contributed by atoms with E-state index in [4.69, 9.17) is 0 Å². The van der Waals surface area contributed by atoms with Gasteiger partial charge in [0.05, 0.1) is 23.2 Å². The fraction of sp³-hybridized carbons (Fsp3) is 0.583. The van der Waals surface area contributed by atoms with Crippen LogP contribution in [0.3, 0.4) is 0 Å². The molecular formula is C12H20N4O3. The highest BCUT2D eigenvalue weighted by atomic mass is 16.6. The Morgan fingerprint density at radius 3 is 2.79 bits per heavy atom. The van der Waals surface area contributed by atoms with Crippen LogP contribution in [0.4, 0.5) is 17.3 Å². The summed E-state index contributed by atoms with van der Waals surface area (Å²) < 4.78 is 0. The molecule has 19 heavy (non-hydrogen) atoms. The second-order valence-electron chi connectivity index (χ2n) is 4.48. The van der Waals surface area contributed by atoms with Crippen LogP contribution in [0.5, 0.6) is 0 Å². The molecule has 0 bridgehead atoms. The molecule has 1 unspecified atom stereocenters. The van der Waals surface area contributed by atoms with Crippen LogP contribution in [0.1, 0.15) is 20.3 Å². The molecule has 0 aliphatic carbocycles. The van der Waals surface area contributed by atoms with Gasteiger partial charge in [-0.1, -0.05) is 6.92 Å². The van der Waals surface area contributed by atoms with Crippen LogP contribution in [0.25, 0.3) is 0 Å². The van der Waals surface area contributed by atoms with Crippen molar-refractivity contribution in [2.24, 2.45) is 0 Å². The first kappa shape index (κ1) is 15.2. The lowest BCUT2D eigenvalue weighted by atomic mass is 10.3. The maximum atomic E-state index is 10.9. The fourth-order valence-corrected chi connectivity index (χ4v) is 1.64. The first-order valence-electron chi connectivity index (χ1n) is 6.23. The number of nitrogens with one attached hydrogen (secondary N) is 1. The van der Waals surface area contributed by atoms with Crippen LogP contribution in [-0.2, 0) is 0 Å². The number of rotatable bonds is 7. The van der Waals surface area contributed by atoms with Gasteiger partial charge in [-0.25, -0.2) is 4.98 Å². The molecule has 1 aromatic rings. The molecule has 106 valence electrons. The number of anilines is 2. The first-order chi connectivity index (χ1) is 8.93. The number of nitro groups is 1. The van der Waals surface area contributed by atoms with Gasteiger partial charge in [-0.05, 0) is 13.3 Å². The van der Waals surface area contributed by atoms with Crippen molar-refractivity contribution in [3.05, 3.63) is 22.2 Å². The third-order valence-corrected chi connectivity index (χ3v) is 2.49. The fourth-order valence-electron chi connectivity index (χ4n) is 1.64. The van der Waals surface area contributed by atoms with Crippen LogP contribution in [0.2, 0.25) is 0 Å². The molecule has 2 N–H and O–H groups in total. The van der Waals surface area contributed by atoms with E-state index in [0.717, 1.165) is 6.42 Å². The summed E-state index contributed by atoms with van der Waals surface area (Å²) in [6, 6.07) is 2.81. The van der Waals surface area contributed by atoms with Gasteiger partial charge in [-0.2, -0.15) is 0 Å². The second kappa shape index (κ2) is 6.89. The van der Waals surface area contributed by atoms with E-state index in [1.165, 1.54) is 12.1 Å². The zero-order valence-corrected chi connectivity index (χ0v) is 11.5. The summed E-state index contributed by atoms with van der Waals surface area (Å²) in [6.45, 7) is 4.73. The third-order valence-electron chi connectivity index (χ3n) is 2.49. The van der Waals surface area contributed by atoms with E-state index >= 15 is 0 Å². The highest BCUT2D eigenvalue weighted by molar-refractivity contribution is 5.55. The second-order valence-corrected chi connectivity index (χ2v) is 4.48. The number of hydrogen-bond acceptors (Lipinski definition) is 6.